The summed E-state index contributed by atoms with van der Waals surface area (Å²) in [5.74, 6) is 0.745. The van der Waals surface area contributed by atoms with Crippen molar-refractivity contribution in [1.29, 1.82) is 0 Å². The Morgan fingerprint density at radius 3 is 2.53 bits per heavy atom. The molecule has 3 heteroatoms. The van der Waals surface area contributed by atoms with E-state index in [2.05, 4.69) is 13.8 Å². The van der Waals surface area contributed by atoms with Gasteiger partial charge in [0.1, 0.15) is 0 Å². The average Bonchev–Trinajstić information content (AvgIpc) is 2.38. The van der Waals surface area contributed by atoms with E-state index < -0.39 is 0 Å². The molecule has 1 N–H and O–H groups in total. The highest BCUT2D eigenvalue weighted by atomic mass is 16.3. The van der Waals surface area contributed by atoms with Gasteiger partial charge in [0, 0.05) is 13.0 Å². The molecule has 1 aliphatic heterocycles. The van der Waals surface area contributed by atoms with Crippen LogP contribution in [-0.4, -0.2) is 34.1 Å². The molecule has 0 saturated carbocycles. The van der Waals surface area contributed by atoms with Crippen LogP contribution in [0.1, 0.15) is 47.0 Å². The zero-order chi connectivity index (χ0) is 11.6. The number of rotatable bonds is 3. The fraction of sp³-hybridized carbons (Fsp3) is 0.917. The van der Waals surface area contributed by atoms with Gasteiger partial charge in [-0.1, -0.05) is 13.8 Å². The molecular formula is C12H23NO2. The number of nitrogens with zero attached hydrogens (tertiary/aromatic N) is 1. The minimum absolute atomic E-state index is 0.185. The Hall–Kier alpha value is -0.570. The maximum Gasteiger partial charge on any atom is 0.223 e. The van der Waals surface area contributed by atoms with E-state index in [1.54, 1.807) is 0 Å². The highest BCUT2D eigenvalue weighted by Crippen LogP contribution is 2.29. The van der Waals surface area contributed by atoms with Gasteiger partial charge in [0.25, 0.3) is 0 Å². The second-order valence-electron chi connectivity index (χ2n) is 5.44. The lowest BCUT2D eigenvalue weighted by atomic mass is 9.98. The van der Waals surface area contributed by atoms with Gasteiger partial charge < -0.3 is 10.0 Å². The molecule has 0 spiro atoms. The number of carbonyl (C=O) groups excluding carboxylic acids is 1. The SMILES string of the molecule is CC(C)CCC(=O)N1CCC(O)C1(C)C. The first kappa shape index (κ1) is 12.5. The number of hydrogen-bond acceptors (Lipinski definition) is 2. The lowest BCUT2D eigenvalue weighted by Gasteiger charge is -2.34. The van der Waals surface area contributed by atoms with Gasteiger partial charge in [0.05, 0.1) is 11.6 Å². The van der Waals surface area contributed by atoms with E-state index in [0.29, 0.717) is 25.3 Å². The summed E-state index contributed by atoms with van der Waals surface area (Å²) < 4.78 is 0. The van der Waals surface area contributed by atoms with Gasteiger partial charge in [-0.05, 0) is 32.6 Å². The van der Waals surface area contributed by atoms with Crippen molar-refractivity contribution in [2.24, 2.45) is 5.92 Å². The van der Waals surface area contributed by atoms with Crippen LogP contribution in [0.25, 0.3) is 0 Å². The van der Waals surface area contributed by atoms with Gasteiger partial charge in [-0.15, -0.1) is 0 Å². The molecule has 0 aliphatic carbocycles. The van der Waals surface area contributed by atoms with Gasteiger partial charge in [0.15, 0.2) is 0 Å². The number of hydrogen-bond donors (Lipinski definition) is 1. The second-order valence-corrected chi connectivity index (χ2v) is 5.44. The highest BCUT2D eigenvalue weighted by molar-refractivity contribution is 5.77. The Labute approximate surface area is 92.5 Å². The average molecular weight is 213 g/mol. The fourth-order valence-electron chi connectivity index (χ4n) is 2.07. The van der Waals surface area contributed by atoms with E-state index >= 15 is 0 Å². The first-order chi connectivity index (χ1) is 6.85. The van der Waals surface area contributed by atoms with Gasteiger partial charge >= 0.3 is 0 Å². The largest absolute Gasteiger partial charge is 0.391 e. The maximum absolute atomic E-state index is 11.9. The van der Waals surface area contributed by atoms with E-state index in [4.69, 9.17) is 0 Å². The number of likely N-dealkylation sites (tertiary alicyclic amines) is 1. The summed E-state index contributed by atoms with van der Waals surface area (Å²) >= 11 is 0. The van der Waals surface area contributed by atoms with E-state index in [1.807, 2.05) is 18.7 Å². The van der Waals surface area contributed by atoms with Crippen LogP contribution >= 0.6 is 0 Å². The third-order valence-electron chi connectivity index (χ3n) is 3.37. The van der Waals surface area contributed by atoms with E-state index in [1.165, 1.54) is 0 Å². The molecule has 1 heterocycles. The van der Waals surface area contributed by atoms with Crippen LogP contribution in [0, 0.1) is 5.92 Å². The Balaban J connectivity index is 2.54. The molecule has 0 aromatic rings. The molecule has 88 valence electrons. The molecule has 0 aromatic carbocycles. The van der Waals surface area contributed by atoms with Crippen molar-refractivity contribution < 1.29 is 9.90 Å². The third-order valence-corrected chi connectivity index (χ3v) is 3.37. The fourth-order valence-corrected chi connectivity index (χ4v) is 2.07. The molecule has 1 rings (SSSR count). The molecule has 1 unspecified atom stereocenters. The summed E-state index contributed by atoms with van der Waals surface area (Å²) in [5.41, 5.74) is -0.381. The van der Waals surface area contributed by atoms with Crippen molar-refractivity contribution in [2.45, 2.75) is 58.6 Å². The zero-order valence-corrected chi connectivity index (χ0v) is 10.3. The van der Waals surface area contributed by atoms with Crippen LogP contribution in [0.4, 0.5) is 0 Å². The molecule has 1 amide bonds. The summed E-state index contributed by atoms with van der Waals surface area (Å²) in [6, 6.07) is 0. The number of aliphatic hydroxyl groups is 1. The summed E-state index contributed by atoms with van der Waals surface area (Å²) in [6.45, 7) is 8.83. The lowest BCUT2D eigenvalue weighted by Crippen LogP contribution is -2.48. The summed E-state index contributed by atoms with van der Waals surface area (Å²) in [5, 5.41) is 9.76. The van der Waals surface area contributed by atoms with E-state index in [0.717, 1.165) is 6.42 Å². The van der Waals surface area contributed by atoms with Gasteiger partial charge in [-0.2, -0.15) is 0 Å². The van der Waals surface area contributed by atoms with E-state index in [-0.39, 0.29) is 17.6 Å². The molecule has 1 atom stereocenters. The predicted octanol–water partition coefficient (Wildman–Crippen LogP) is 1.79. The first-order valence-corrected chi connectivity index (χ1v) is 5.84. The molecular weight excluding hydrogens is 190 g/mol. The predicted molar refractivity (Wildman–Crippen MR) is 60.5 cm³/mol. The number of amides is 1. The van der Waals surface area contributed by atoms with Crippen LogP contribution in [-0.2, 0) is 4.79 Å². The monoisotopic (exact) mass is 213 g/mol. The highest BCUT2D eigenvalue weighted by Gasteiger charge is 2.42. The minimum atomic E-state index is -0.381. The van der Waals surface area contributed by atoms with Crippen LogP contribution < -0.4 is 0 Å². The Bertz CT molecular complexity index is 236. The molecule has 0 bridgehead atoms. The molecule has 15 heavy (non-hydrogen) atoms. The molecule has 0 aromatic heterocycles. The Kier molecular flexibility index (Phi) is 3.77. The minimum Gasteiger partial charge on any atom is -0.391 e. The molecule has 3 nitrogen and oxygen atoms in total. The molecule has 0 radical (unpaired) electrons. The van der Waals surface area contributed by atoms with Crippen LogP contribution in [0.5, 0.6) is 0 Å². The van der Waals surface area contributed by atoms with Crippen LogP contribution in [0.3, 0.4) is 0 Å². The molecule has 1 aliphatic rings. The summed E-state index contributed by atoms with van der Waals surface area (Å²) in [6.07, 6.45) is 1.87. The van der Waals surface area contributed by atoms with Crippen molar-refractivity contribution in [3.8, 4) is 0 Å². The first-order valence-electron chi connectivity index (χ1n) is 5.84. The maximum atomic E-state index is 11.9. The normalized spacial score (nSPS) is 24.9. The third kappa shape index (κ3) is 2.71. The summed E-state index contributed by atoms with van der Waals surface area (Å²) in [7, 11) is 0. The standard InChI is InChI=1S/C12H23NO2/c1-9(2)5-6-11(15)13-8-7-10(14)12(13,3)4/h9-10,14H,5-8H2,1-4H3. The summed E-state index contributed by atoms with van der Waals surface area (Å²) in [4.78, 5) is 13.8. The lowest BCUT2D eigenvalue weighted by molar-refractivity contribution is -0.136. The van der Waals surface area contributed by atoms with Crippen LogP contribution in [0.2, 0.25) is 0 Å². The molecule has 1 fully saturated rings. The Morgan fingerprint density at radius 1 is 1.53 bits per heavy atom. The quantitative estimate of drug-likeness (QED) is 0.776. The van der Waals surface area contributed by atoms with Crippen LogP contribution in [0.15, 0.2) is 0 Å². The Morgan fingerprint density at radius 2 is 2.13 bits per heavy atom. The number of aliphatic hydroxyl groups excluding tert-OH is 1. The van der Waals surface area contributed by atoms with Crippen molar-refractivity contribution in [3.63, 3.8) is 0 Å². The zero-order valence-electron chi connectivity index (χ0n) is 10.3. The second kappa shape index (κ2) is 4.52. The van der Waals surface area contributed by atoms with Crippen molar-refractivity contribution in [1.82, 2.24) is 4.90 Å². The van der Waals surface area contributed by atoms with Crippen molar-refractivity contribution in [3.05, 3.63) is 0 Å². The van der Waals surface area contributed by atoms with Gasteiger partial charge in [0.2, 0.25) is 5.91 Å². The number of carbonyl (C=O) groups is 1. The molecule has 1 saturated heterocycles. The van der Waals surface area contributed by atoms with Crippen molar-refractivity contribution >= 4 is 5.91 Å². The van der Waals surface area contributed by atoms with Crippen molar-refractivity contribution in [2.75, 3.05) is 6.54 Å². The van der Waals surface area contributed by atoms with Gasteiger partial charge in [-0.3, -0.25) is 4.79 Å². The van der Waals surface area contributed by atoms with Gasteiger partial charge in [-0.25, -0.2) is 0 Å². The smallest absolute Gasteiger partial charge is 0.223 e. The topological polar surface area (TPSA) is 40.5 Å². The van der Waals surface area contributed by atoms with E-state index in [9.17, 15) is 9.90 Å².